The van der Waals surface area contributed by atoms with Crippen LogP contribution in [0, 0.1) is 6.92 Å². The van der Waals surface area contributed by atoms with Crippen LogP contribution in [0.5, 0.6) is 5.75 Å². The van der Waals surface area contributed by atoms with Crippen molar-refractivity contribution in [3.63, 3.8) is 0 Å². The first-order valence-corrected chi connectivity index (χ1v) is 11.4. The summed E-state index contributed by atoms with van der Waals surface area (Å²) in [6.07, 6.45) is 2.85. The molecule has 5 heteroatoms. The SMILES string of the molecule is CCCN1C(=O)/C(=C\c2ccc(OCC)c3ccccc23)SC1=Nc1ccc(C)cc1. The summed E-state index contributed by atoms with van der Waals surface area (Å²) in [4.78, 5) is 20.4. The van der Waals surface area contributed by atoms with Crippen molar-refractivity contribution in [3.05, 3.63) is 76.7 Å². The Morgan fingerprint density at radius 1 is 1.00 bits per heavy atom. The van der Waals surface area contributed by atoms with Gasteiger partial charge in [0.05, 0.1) is 17.2 Å². The van der Waals surface area contributed by atoms with E-state index in [9.17, 15) is 4.79 Å². The standard InChI is InChI=1S/C26H26N2O2S/c1-4-16-28-25(29)24(31-26(28)27-20-13-10-18(3)11-14-20)17-19-12-15-23(30-5-2)22-9-7-6-8-21(19)22/h6-15,17H,4-5,16H2,1-3H3/b24-17+,27-26?. The Morgan fingerprint density at radius 2 is 1.74 bits per heavy atom. The molecule has 0 radical (unpaired) electrons. The highest BCUT2D eigenvalue weighted by Crippen LogP contribution is 2.36. The molecule has 0 atom stereocenters. The molecule has 31 heavy (non-hydrogen) atoms. The Kier molecular flexibility index (Phi) is 6.42. The zero-order valence-corrected chi connectivity index (χ0v) is 18.9. The van der Waals surface area contributed by atoms with Gasteiger partial charge < -0.3 is 4.74 Å². The van der Waals surface area contributed by atoms with Crippen LogP contribution in [0.25, 0.3) is 16.8 Å². The summed E-state index contributed by atoms with van der Waals surface area (Å²) in [5.41, 5.74) is 3.05. The average molecular weight is 431 g/mol. The van der Waals surface area contributed by atoms with Gasteiger partial charge in [-0.1, -0.05) is 55.0 Å². The van der Waals surface area contributed by atoms with Crippen LogP contribution in [0.15, 0.2) is 70.6 Å². The van der Waals surface area contributed by atoms with Gasteiger partial charge in [0.1, 0.15) is 5.75 Å². The molecule has 3 aromatic rings. The fraction of sp³-hybridized carbons (Fsp3) is 0.231. The molecule has 158 valence electrons. The molecule has 1 amide bonds. The maximum atomic E-state index is 13.2. The van der Waals surface area contributed by atoms with Crippen molar-refractivity contribution in [2.24, 2.45) is 4.99 Å². The molecule has 0 N–H and O–H groups in total. The summed E-state index contributed by atoms with van der Waals surface area (Å²) in [7, 11) is 0. The number of rotatable bonds is 6. The minimum Gasteiger partial charge on any atom is -0.493 e. The molecule has 0 bridgehead atoms. The van der Waals surface area contributed by atoms with Crippen molar-refractivity contribution in [1.29, 1.82) is 0 Å². The predicted molar refractivity (Wildman–Crippen MR) is 131 cm³/mol. The van der Waals surface area contributed by atoms with Crippen molar-refractivity contribution in [3.8, 4) is 5.75 Å². The fourth-order valence-electron chi connectivity index (χ4n) is 3.59. The van der Waals surface area contributed by atoms with E-state index in [1.165, 1.54) is 17.3 Å². The second-order valence-corrected chi connectivity index (χ2v) is 8.44. The molecule has 1 fully saturated rings. The van der Waals surface area contributed by atoms with E-state index in [1.807, 2.05) is 61.5 Å². The van der Waals surface area contributed by atoms with E-state index in [1.54, 1.807) is 4.90 Å². The number of carbonyl (C=O) groups excluding carboxylic acids is 1. The van der Waals surface area contributed by atoms with E-state index < -0.39 is 0 Å². The molecule has 1 saturated heterocycles. The minimum atomic E-state index is 0.00989. The van der Waals surface area contributed by atoms with E-state index in [2.05, 4.69) is 26.0 Å². The molecule has 1 aliphatic heterocycles. The number of amides is 1. The third-order valence-electron chi connectivity index (χ3n) is 5.10. The van der Waals surface area contributed by atoms with Crippen LogP contribution in [-0.2, 0) is 4.79 Å². The third-order valence-corrected chi connectivity index (χ3v) is 6.10. The number of fused-ring (bicyclic) bond motifs is 1. The molecule has 4 rings (SSSR count). The van der Waals surface area contributed by atoms with Gasteiger partial charge in [-0.15, -0.1) is 0 Å². The summed E-state index contributed by atoms with van der Waals surface area (Å²) in [6, 6.07) is 20.2. The molecule has 0 aliphatic carbocycles. The van der Waals surface area contributed by atoms with E-state index in [0.29, 0.717) is 18.1 Å². The van der Waals surface area contributed by atoms with E-state index in [4.69, 9.17) is 9.73 Å². The lowest BCUT2D eigenvalue weighted by molar-refractivity contribution is -0.122. The molecule has 1 aliphatic rings. The van der Waals surface area contributed by atoms with Gasteiger partial charge in [0.25, 0.3) is 5.91 Å². The van der Waals surface area contributed by atoms with Gasteiger partial charge in [-0.05, 0) is 67.3 Å². The number of aliphatic imine (C=N–C) groups is 1. The Labute approximate surface area is 187 Å². The van der Waals surface area contributed by atoms with Crippen molar-refractivity contribution in [2.75, 3.05) is 13.2 Å². The Hall–Kier alpha value is -3.05. The lowest BCUT2D eigenvalue weighted by atomic mass is 10.0. The highest BCUT2D eigenvalue weighted by atomic mass is 32.2. The first-order valence-electron chi connectivity index (χ1n) is 10.6. The second kappa shape index (κ2) is 9.40. The van der Waals surface area contributed by atoms with Crippen LogP contribution in [0.4, 0.5) is 5.69 Å². The third kappa shape index (κ3) is 4.52. The number of benzene rings is 3. The van der Waals surface area contributed by atoms with E-state index in [0.717, 1.165) is 39.4 Å². The molecule has 0 aromatic heterocycles. The second-order valence-electron chi connectivity index (χ2n) is 7.43. The number of nitrogens with zero attached hydrogens (tertiary/aromatic N) is 2. The molecular weight excluding hydrogens is 404 g/mol. The summed E-state index contributed by atoms with van der Waals surface area (Å²) in [6.45, 7) is 7.37. The fourth-order valence-corrected chi connectivity index (χ4v) is 4.60. The van der Waals surface area contributed by atoms with Crippen molar-refractivity contribution in [1.82, 2.24) is 4.90 Å². The van der Waals surface area contributed by atoms with Crippen LogP contribution in [-0.4, -0.2) is 29.1 Å². The van der Waals surface area contributed by atoms with Crippen LogP contribution in [0.1, 0.15) is 31.4 Å². The largest absolute Gasteiger partial charge is 0.493 e. The molecule has 0 unspecified atom stereocenters. The first-order chi connectivity index (χ1) is 15.1. The summed E-state index contributed by atoms with van der Waals surface area (Å²) in [5, 5.41) is 2.85. The van der Waals surface area contributed by atoms with Crippen LogP contribution in [0.3, 0.4) is 0 Å². The molecule has 4 nitrogen and oxygen atoms in total. The quantitative estimate of drug-likeness (QED) is 0.416. The number of hydrogen-bond acceptors (Lipinski definition) is 4. The average Bonchev–Trinajstić information content (AvgIpc) is 3.06. The number of hydrogen-bond donors (Lipinski definition) is 0. The van der Waals surface area contributed by atoms with Gasteiger partial charge in [0.15, 0.2) is 5.17 Å². The highest BCUT2D eigenvalue weighted by Gasteiger charge is 2.32. The Morgan fingerprint density at radius 3 is 2.45 bits per heavy atom. The Bertz CT molecular complexity index is 1170. The van der Waals surface area contributed by atoms with Gasteiger partial charge in [-0.2, -0.15) is 0 Å². The van der Waals surface area contributed by atoms with Crippen molar-refractivity contribution in [2.45, 2.75) is 27.2 Å². The van der Waals surface area contributed by atoms with E-state index in [-0.39, 0.29) is 5.91 Å². The van der Waals surface area contributed by atoms with Crippen LogP contribution >= 0.6 is 11.8 Å². The summed E-state index contributed by atoms with van der Waals surface area (Å²) in [5.74, 6) is 0.871. The maximum Gasteiger partial charge on any atom is 0.266 e. The molecule has 3 aromatic carbocycles. The molecular formula is C26H26N2O2S. The number of carbonyl (C=O) groups is 1. The molecule has 0 spiro atoms. The normalized spacial score (nSPS) is 16.6. The summed E-state index contributed by atoms with van der Waals surface area (Å²) >= 11 is 1.44. The van der Waals surface area contributed by atoms with Gasteiger partial charge in [0.2, 0.25) is 0 Å². The topological polar surface area (TPSA) is 41.9 Å². The Balaban J connectivity index is 1.73. The number of ether oxygens (including phenoxy) is 1. The minimum absolute atomic E-state index is 0.00989. The van der Waals surface area contributed by atoms with Crippen LogP contribution < -0.4 is 4.74 Å². The zero-order chi connectivity index (χ0) is 21.8. The summed E-state index contributed by atoms with van der Waals surface area (Å²) < 4.78 is 5.79. The molecule has 1 heterocycles. The number of amidine groups is 1. The van der Waals surface area contributed by atoms with Crippen molar-refractivity contribution >= 4 is 45.4 Å². The lowest BCUT2D eigenvalue weighted by Gasteiger charge is -2.14. The zero-order valence-electron chi connectivity index (χ0n) is 18.1. The first kappa shape index (κ1) is 21.2. The van der Waals surface area contributed by atoms with Gasteiger partial charge in [-0.3, -0.25) is 9.69 Å². The van der Waals surface area contributed by atoms with E-state index >= 15 is 0 Å². The monoisotopic (exact) mass is 430 g/mol. The van der Waals surface area contributed by atoms with Gasteiger partial charge >= 0.3 is 0 Å². The number of aryl methyl sites for hydroxylation is 1. The number of thioether (sulfide) groups is 1. The van der Waals surface area contributed by atoms with Gasteiger partial charge in [-0.25, -0.2) is 4.99 Å². The van der Waals surface area contributed by atoms with Crippen molar-refractivity contribution < 1.29 is 9.53 Å². The lowest BCUT2D eigenvalue weighted by Crippen LogP contribution is -2.29. The highest BCUT2D eigenvalue weighted by molar-refractivity contribution is 8.18. The maximum absolute atomic E-state index is 13.2. The van der Waals surface area contributed by atoms with Gasteiger partial charge in [0, 0.05) is 11.9 Å². The molecule has 0 saturated carbocycles. The van der Waals surface area contributed by atoms with Crippen LogP contribution in [0.2, 0.25) is 0 Å². The predicted octanol–water partition coefficient (Wildman–Crippen LogP) is 6.56. The smallest absolute Gasteiger partial charge is 0.266 e.